The number of halogens is 3. The van der Waals surface area contributed by atoms with E-state index in [0.717, 1.165) is 12.8 Å². The highest BCUT2D eigenvalue weighted by Crippen LogP contribution is 2.36. The van der Waals surface area contributed by atoms with Crippen molar-refractivity contribution in [1.29, 1.82) is 0 Å². The summed E-state index contributed by atoms with van der Waals surface area (Å²) in [5, 5.41) is 3.37. The van der Waals surface area contributed by atoms with E-state index in [4.69, 9.17) is 0 Å². The van der Waals surface area contributed by atoms with Gasteiger partial charge in [0.2, 0.25) is 5.82 Å². The number of H-pyrrole nitrogens is 1. The van der Waals surface area contributed by atoms with E-state index in [2.05, 4.69) is 24.6 Å². The molecule has 0 aliphatic heterocycles. The van der Waals surface area contributed by atoms with Crippen LogP contribution in [-0.4, -0.2) is 24.7 Å². The Morgan fingerprint density at radius 1 is 1.36 bits per heavy atom. The van der Waals surface area contributed by atoms with Gasteiger partial charge in [-0.05, 0) is 18.9 Å². The lowest BCUT2D eigenvalue weighted by Gasteiger charge is -2.08. The van der Waals surface area contributed by atoms with Crippen molar-refractivity contribution in [3.05, 3.63) is 52.3 Å². The van der Waals surface area contributed by atoms with Crippen LogP contribution >= 0.6 is 0 Å². The number of pyridine rings is 1. The lowest BCUT2D eigenvalue weighted by Crippen LogP contribution is -2.16. The van der Waals surface area contributed by atoms with Gasteiger partial charge in [-0.15, -0.1) is 0 Å². The van der Waals surface area contributed by atoms with Crippen LogP contribution in [0.25, 0.3) is 11.4 Å². The third kappa shape index (κ3) is 2.94. The molecule has 0 aromatic carbocycles. The smallest absolute Gasteiger partial charge is 0.332 e. The molecule has 1 fully saturated rings. The summed E-state index contributed by atoms with van der Waals surface area (Å²) < 4.78 is 44.3. The van der Waals surface area contributed by atoms with Crippen molar-refractivity contribution in [2.24, 2.45) is 0 Å². The molecule has 0 atom stereocenters. The van der Waals surface area contributed by atoms with E-state index in [-0.39, 0.29) is 23.4 Å². The Bertz CT molecular complexity index is 968. The Morgan fingerprint density at radius 2 is 2.16 bits per heavy atom. The Balaban J connectivity index is 1.74. The van der Waals surface area contributed by atoms with Crippen LogP contribution < -0.4 is 5.56 Å². The quantitative estimate of drug-likeness (QED) is 0.780. The van der Waals surface area contributed by atoms with Gasteiger partial charge >= 0.3 is 12.1 Å². The lowest BCUT2D eigenvalue weighted by atomic mass is 10.1. The van der Waals surface area contributed by atoms with E-state index in [1.165, 1.54) is 12.3 Å². The van der Waals surface area contributed by atoms with Gasteiger partial charge in [-0.3, -0.25) is 4.79 Å². The molecule has 3 aromatic heterocycles. The van der Waals surface area contributed by atoms with E-state index < -0.39 is 17.6 Å². The van der Waals surface area contributed by atoms with Gasteiger partial charge in [0.1, 0.15) is 5.82 Å². The first kappa shape index (κ1) is 15.6. The number of hydrogen-bond acceptors (Lipinski definition) is 5. The van der Waals surface area contributed by atoms with Crippen molar-refractivity contribution >= 4 is 0 Å². The van der Waals surface area contributed by atoms with Gasteiger partial charge in [-0.25, -0.2) is 4.98 Å². The second-order valence-electron chi connectivity index (χ2n) is 5.78. The topological polar surface area (TPSA) is 89.6 Å². The van der Waals surface area contributed by atoms with Crippen molar-refractivity contribution in [1.82, 2.24) is 24.7 Å². The molecule has 3 aromatic rings. The minimum atomic E-state index is -4.74. The first-order chi connectivity index (χ1) is 11.9. The van der Waals surface area contributed by atoms with Crippen LogP contribution in [0.3, 0.4) is 0 Å². The fourth-order valence-electron chi connectivity index (χ4n) is 2.67. The molecule has 0 bridgehead atoms. The van der Waals surface area contributed by atoms with Gasteiger partial charge in [0.05, 0.1) is 0 Å². The van der Waals surface area contributed by atoms with Crippen LogP contribution in [0.15, 0.2) is 34.0 Å². The van der Waals surface area contributed by atoms with Gasteiger partial charge in [-0.2, -0.15) is 18.2 Å². The minimum Gasteiger partial charge on any atom is -0.332 e. The standard InChI is InChI=1S/C15H12F3N5O2/c16-15(17,18)14-21-12(22-25-14)9-3-4-20-13(24)10(9)7-11-19-5-6-23(11)8-1-2-8/h3-6,8H,1-2,7H2,(H,20,24). The molecule has 10 heteroatoms. The number of alkyl halides is 3. The van der Waals surface area contributed by atoms with Gasteiger partial charge in [0, 0.05) is 42.2 Å². The molecule has 25 heavy (non-hydrogen) atoms. The summed E-state index contributed by atoms with van der Waals surface area (Å²) in [5.41, 5.74) is -0.000299. The van der Waals surface area contributed by atoms with Crippen LogP contribution in [0.5, 0.6) is 0 Å². The van der Waals surface area contributed by atoms with Crippen LogP contribution in [0, 0.1) is 0 Å². The Labute approximate surface area is 138 Å². The highest BCUT2D eigenvalue weighted by Gasteiger charge is 2.38. The molecule has 0 radical (unpaired) electrons. The van der Waals surface area contributed by atoms with Crippen LogP contribution in [0.2, 0.25) is 0 Å². The van der Waals surface area contributed by atoms with Crippen LogP contribution in [-0.2, 0) is 12.6 Å². The van der Waals surface area contributed by atoms with E-state index in [1.807, 2.05) is 10.8 Å². The second kappa shape index (κ2) is 5.57. The summed E-state index contributed by atoms with van der Waals surface area (Å²) in [5.74, 6) is -1.06. The summed E-state index contributed by atoms with van der Waals surface area (Å²) in [7, 11) is 0. The molecule has 4 rings (SSSR count). The SMILES string of the molecule is O=c1[nH]ccc(-c2noc(C(F)(F)F)n2)c1Cc1nccn1C1CC1. The van der Waals surface area contributed by atoms with Gasteiger partial charge in [0.25, 0.3) is 5.56 Å². The van der Waals surface area contributed by atoms with E-state index in [1.54, 1.807) is 6.20 Å². The molecule has 1 N–H and O–H groups in total. The van der Waals surface area contributed by atoms with Crippen molar-refractivity contribution in [2.45, 2.75) is 31.5 Å². The molecule has 7 nitrogen and oxygen atoms in total. The number of nitrogens with one attached hydrogen (secondary N) is 1. The summed E-state index contributed by atoms with van der Waals surface area (Å²) in [6, 6.07) is 1.82. The molecular formula is C15H12F3N5O2. The van der Waals surface area contributed by atoms with Crippen LogP contribution in [0.4, 0.5) is 13.2 Å². The van der Waals surface area contributed by atoms with E-state index >= 15 is 0 Å². The Morgan fingerprint density at radius 3 is 2.84 bits per heavy atom. The average Bonchev–Trinajstić information content (AvgIpc) is 3.09. The number of aromatic amines is 1. The zero-order valence-corrected chi connectivity index (χ0v) is 12.7. The summed E-state index contributed by atoms with van der Waals surface area (Å²) >= 11 is 0. The molecule has 0 spiro atoms. The van der Waals surface area contributed by atoms with Crippen molar-refractivity contribution < 1.29 is 17.7 Å². The molecule has 0 amide bonds. The number of aromatic nitrogens is 5. The van der Waals surface area contributed by atoms with Gasteiger partial charge in [-0.1, -0.05) is 5.16 Å². The minimum absolute atomic E-state index is 0.158. The average molecular weight is 351 g/mol. The molecule has 130 valence electrons. The molecule has 1 saturated carbocycles. The maximum absolute atomic E-state index is 12.7. The highest BCUT2D eigenvalue weighted by molar-refractivity contribution is 5.59. The predicted octanol–water partition coefficient (Wildman–Crippen LogP) is 2.57. The summed E-state index contributed by atoms with van der Waals surface area (Å²) in [6.07, 6.45) is 2.31. The third-order valence-corrected chi connectivity index (χ3v) is 4.00. The maximum Gasteiger partial charge on any atom is 0.471 e. The normalized spacial score (nSPS) is 14.8. The van der Waals surface area contributed by atoms with Crippen molar-refractivity contribution in [2.75, 3.05) is 0 Å². The maximum atomic E-state index is 12.7. The van der Waals surface area contributed by atoms with Gasteiger partial charge in [0.15, 0.2) is 0 Å². The fourth-order valence-corrected chi connectivity index (χ4v) is 2.67. The first-order valence-electron chi connectivity index (χ1n) is 7.57. The highest BCUT2D eigenvalue weighted by atomic mass is 19.4. The molecule has 1 aliphatic rings. The monoisotopic (exact) mass is 351 g/mol. The van der Waals surface area contributed by atoms with E-state index in [0.29, 0.717) is 11.9 Å². The zero-order chi connectivity index (χ0) is 17.6. The molecule has 1 aliphatic carbocycles. The van der Waals surface area contributed by atoms with E-state index in [9.17, 15) is 18.0 Å². The lowest BCUT2D eigenvalue weighted by molar-refractivity contribution is -0.159. The zero-order valence-electron chi connectivity index (χ0n) is 12.7. The summed E-state index contributed by atoms with van der Waals surface area (Å²) in [6.45, 7) is 0. The molecule has 0 unspecified atom stereocenters. The molecule has 3 heterocycles. The summed E-state index contributed by atoms with van der Waals surface area (Å²) in [4.78, 5) is 22.4. The number of nitrogens with zero attached hydrogens (tertiary/aromatic N) is 4. The molecule has 0 saturated heterocycles. The predicted molar refractivity (Wildman–Crippen MR) is 78.7 cm³/mol. The largest absolute Gasteiger partial charge is 0.471 e. The number of hydrogen-bond donors (Lipinski definition) is 1. The Kier molecular flexibility index (Phi) is 3.48. The molecular weight excluding hydrogens is 339 g/mol. The van der Waals surface area contributed by atoms with Crippen LogP contribution in [0.1, 0.15) is 36.2 Å². The number of imidazole rings is 1. The Hall–Kier alpha value is -2.91. The van der Waals surface area contributed by atoms with Crippen molar-refractivity contribution in [3.63, 3.8) is 0 Å². The van der Waals surface area contributed by atoms with Gasteiger partial charge < -0.3 is 14.1 Å². The fraction of sp³-hybridized carbons (Fsp3) is 0.333. The van der Waals surface area contributed by atoms with Crippen molar-refractivity contribution in [3.8, 4) is 11.4 Å². The third-order valence-electron chi connectivity index (χ3n) is 4.00. The second-order valence-corrected chi connectivity index (χ2v) is 5.78. The first-order valence-corrected chi connectivity index (χ1v) is 7.57. The number of rotatable bonds is 4.